The van der Waals surface area contributed by atoms with Crippen molar-refractivity contribution in [3.8, 4) is 0 Å². The third-order valence-electron chi connectivity index (χ3n) is 3.75. The van der Waals surface area contributed by atoms with Crippen LogP contribution in [0.25, 0.3) is 0 Å². The maximum atomic E-state index is 4.92. The zero-order valence-corrected chi connectivity index (χ0v) is 9.95. The van der Waals surface area contributed by atoms with Gasteiger partial charge in [-0.15, -0.1) is 0 Å². The van der Waals surface area contributed by atoms with Crippen molar-refractivity contribution in [2.45, 2.75) is 12.0 Å². The van der Waals surface area contributed by atoms with Gasteiger partial charge in [-0.2, -0.15) is 0 Å². The molecule has 88 valence electrons. The summed E-state index contributed by atoms with van der Waals surface area (Å²) in [5.41, 5.74) is 2.34. The first kappa shape index (κ1) is 9.83. The highest BCUT2D eigenvalue weighted by molar-refractivity contribution is 5.97. The van der Waals surface area contributed by atoms with E-state index >= 15 is 0 Å². The smallest absolute Gasteiger partial charge is 0.128 e. The number of hydrogen-bond donors (Lipinski definition) is 0. The van der Waals surface area contributed by atoms with Crippen molar-refractivity contribution < 1.29 is 0 Å². The fraction of sp³-hybridized carbons (Fsp3) is 0.200. The zero-order chi connectivity index (χ0) is 12.0. The number of rotatable bonds is 0. The van der Waals surface area contributed by atoms with E-state index in [1.54, 1.807) is 0 Å². The molecule has 1 spiro atoms. The first-order chi connectivity index (χ1) is 8.87. The molecule has 0 saturated carbocycles. The molecule has 3 nitrogen and oxygen atoms in total. The van der Waals surface area contributed by atoms with Crippen molar-refractivity contribution in [1.82, 2.24) is 9.88 Å². The average molecular weight is 235 g/mol. The SMILES string of the molecule is C1=CC2=NC3(C=CCc4ccncc43)CN2C=C1. The van der Waals surface area contributed by atoms with Crippen LogP contribution in [0.3, 0.4) is 0 Å². The maximum Gasteiger partial charge on any atom is 0.128 e. The van der Waals surface area contributed by atoms with E-state index in [-0.39, 0.29) is 5.54 Å². The van der Waals surface area contributed by atoms with Gasteiger partial charge in [0.25, 0.3) is 0 Å². The number of pyridine rings is 1. The lowest BCUT2D eigenvalue weighted by atomic mass is 9.83. The Labute approximate surface area is 106 Å². The van der Waals surface area contributed by atoms with Crippen LogP contribution in [0.1, 0.15) is 11.1 Å². The quantitative estimate of drug-likeness (QED) is 0.645. The molecule has 4 rings (SSSR count). The minimum absolute atomic E-state index is 0.240. The topological polar surface area (TPSA) is 28.5 Å². The number of nitrogens with zero attached hydrogens (tertiary/aromatic N) is 3. The Hall–Kier alpha value is -2.16. The average Bonchev–Trinajstić information content (AvgIpc) is 2.78. The summed E-state index contributed by atoms with van der Waals surface area (Å²) >= 11 is 0. The highest BCUT2D eigenvalue weighted by Gasteiger charge is 2.40. The van der Waals surface area contributed by atoms with E-state index in [0.29, 0.717) is 0 Å². The normalized spacial score (nSPS) is 27.3. The summed E-state index contributed by atoms with van der Waals surface area (Å²) in [6.45, 7) is 0.873. The van der Waals surface area contributed by atoms with Crippen molar-refractivity contribution >= 4 is 5.84 Å². The number of allylic oxidation sites excluding steroid dienone is 3. The van der Waals surface area contributed by atoms with E-state index in [4.69, 9.17) is 4.99 Å². The molecular formula is C15H13N3. The molecule has 3 heterocycles. The highest BCUT2D eigenvalue weighted by Crippen LogP contribution is 2.39. The van der Waals surface area contributed by atoms with Crippen LogP contribution >= 0.6 is 0 Å². The number of aromatic nitrogens is 1. The molecule has 1 atom stereocenters. The number of amidine groups is 1. The van der Waals surface area contributed by atoms with Crippen molar-refractivity contribution in [2.75, 3.05) is 6.54 Å². The summed E-state index contributed by atoms with van der Waals surface area (Å²) in [7, 11) is 0. The molecule has 1 unspecified atom stereocenters. The maximum absolute atomic E-state index is 4.92. The summed E-state index contributed by atoms with van der Waals surface area (Å²) in [6.07, 6.45) is 17.5. The monoisotopic (exact) mass is 235 g/mol. The molecule has 1 aliphatic carbocycles. The van der Waals surface area contributed by atoms with Crippen LogP contribution in [0.15, 0.2) is 60.0 Å². The minimum atomic E-state index is -0.240. The van der Waals surface area contributed by atoms with Crippen LogP contribution in [0, 0.1) is 0 Å². The Kier molecular flexibility index (Phi) is 1.87. The highest BCUT2D eigenvalue weighted by atomic mass is 15.3. The van der Waals surface area contributed by atoms with Gasteiger partial charge in [-0.05, 0) is 30.2 Å². The second-order valence-corrected chi connectivity index (χ2v) is 4.86. The molecule has 0 radical (unpaired) electrons. The molecule has 18 heavy (non-hydrogen) atoms. The van der Waals surface area contributed by atoms with Gasteiger partial charge >= 0.3 is 0 Å². The molecule has 0 amide bonds. The van der Waals surface area contributed by atoms with Crippen LogP contribution < -0.4 is 0 Å². The van der Waals surface area contributed by atoms with Crippen LogP contribution in [-0.2, 0) is 12.0 Å². The third kappa shape index (κ3) is 1.24. The Bertz CT molecular complexity index is 624. The van der Waals surface area contributed by atoms with E-state index in [2.05, 4.69) is 46.5 Å². The summed E-state index contributed by atoms with van der Waals surface area (Å²) in [5.74, 6) is 1.04. The lowest BCUT2D eigenvalue weighted by Gasteiger charge is -2.28. The minimum Gasteiger partial charge on any atom is -0.330 e. The molecule has 1 aromatic rings. The summed E-state index contributed by atoms with van der Waals surface area (Å²) in [6, 6.07) is 2.10. The zero-order valence-electron chi connectivity index (χ0n) is 9.95. The fourth-order valence-corrected chi connectivity index (χ4v) is 2.90. The van der Waals surface area contributed by atoms with Gasteiger partial charge < -0.3 is 4.90 Å². The number of fused-ring (bicyclic) bond motifs is 3. The van der Waals surface area contributed by atoms with Gasteiger partial charge in [0.2, 0.25) is 0 Å². The summed E-state index contributed by atoms with van der Waals surface area (Å²) < 4.78 is 0. The second kappa shape index (κ2) is 3.42. The van der Waals surface area contributed by atoms with E-state index < -0.39 is 0 Å². The second-order valence-electron chi connectivity index (χ2n) is 4.86. The Morgan fingerprint density at radius 3 is 3.22 bits per heavy atom. The van der Waals surface area contributed by atoms with Gasteiger partial charge in [0.15, 0.2) is 0 Å². The molecule has 3 heteroatoms. The van der Waals surface area contributed by atoms with Crippen molar-refractivity contribution in [2.24, 2.45) is 4.99 Å². The lowest BCUT2D eigenvalue weighted by Crippen LogP contribution is -2.32. The van der Waals surface area contributed by atoms with Gasteiger partial charge in [0, 0.05) is 24.2 Å². The summed E-state index contributed by atoms with van der Waals surface area (Å²) in [4.78, 5) is 11.4. The van der Waals surface area contributed by atoms with Gasteiger partial charge in [0.05, 0.1) is 6.54 Å². The standard InChI is InChI=1S/C15H13N3/c1-2-9-18-11-15(17-14(18)5-1)7-3-4-12-6-8-16-10-13(12)15/h1-3,5-10H,4,11H2. The van der Waals surface area contributed by atoms with Gasteiger partial charge in [-0.25, -0.2) is 0 Å². The fourth-order valence-electron chi connectivity index (χ4n) is 2.90. The van der Waals surface area contributed by atoms with Crippen LogP contribution in [-0.4, -0.2) is 22.3 Å². The lowest BCUT2D eigenvalue weighted by molar-refractivity contribution is 0.465. The van der Waals surface area contributed by atoms with E-state index in [1.807, 2.05) is 18.5 Å². The van der Waals surface area contributed by atoms with Crippen molar-refractivity contribution in [3.05, 3.63) is 66.2 Å². The van der Waals surface area contributed by atoms with Crippen LogP contribution in [0.2, 0.25) is 0 Å². The van der Waals surface area contributed by atoms with Gasteiger partial charge in [0.1, 0.15) is 11.4 Å². The Morgan fingerprint density at radius 2 is 2.28 bits per heavy atom. The number of hydrogen-bond acceptors (Lipinski definition) is 3. The van der Waals surface area contributed by atoms with Crippen LogP contribution in [0.5, 0.6) is 0 Å². The van der Waals surface area contributed by atoms with Gasteiger partial charge in [-0.3, -0.25) is 9.98 Å². The molecule has 0 aromatic carbocycles. The first-order valence-electron chi connectivity index (χ1n) is 6.20. The predicted molar refractivity (Wildman–Crippen MR) is 71.2 cm³/mol. The van der Waals surface area contributed by atoms with Gasteiger partial charge in [-0.1, -0.05) is 18.2 Å². The molecule has 2 aliphatic heterocycles. The molecule has 3 aliphatic rings. The van der Waals surface area contributed by atoms with E-state index in [1.165, 1.54) is 11.1 Å². The van der Waals surface area contributed by atoms with Crippen molar-refractivity contribution in [3.63, 3.8) is 0 Å². The first-order valence-corrected chi connectivity index (χ1v) is 6.20. The summed E-state index contributed by atoms with van der Waals surface area (Å²) in [5, 5.41) is 0. The predicted octanol–water partition coefficient (Wildman–Crippen LogP) is 2.19. The third-order valence-corrected chi connectivity index (χ3v) is 3.75. The Morgan fingerprint density at radius 1 is 1.28 bits per heavy atom. The van der Waals surface area contributed by atoms with Crippen molar-refractivity contribution in [1.29, 1.82) is 0 Å². The molecule has 1 aromatic heterocycles. The molecule has 0 saturated heterocycles. The van der Waals surface area contributed by atoms with E-state index in [0.717, 1.165) is 18.8 Å². The van der Waals surface area contributed by atoms with Crippen LogP contribution in [0.4, 0.5) is 0 Å². The molecule has 0 fully saturated rings. The number of aliphatic imine (C=N–C) groups is 1. The largest absolute Gasteiger partial charge is 0.330 e. The molecule has 0 bridgehead atoms. The Balaban J connectivity index is 1.88. The van der Waals surface area contributed by atoms with E-state index in [9.17, 15) is 0 Å². The molecular weight excluding hydrogens is 222 g/mol. The molecule has 0 N–H and O–H groups in total.